The third-order valence-corrected chi connectivity index (χ3v) is 7.10. The molecule has 8 nitrogen and oxygen atoms in total. The average molecular weight is 473 g/mol. The van der Waals surface area contributed by atoms with E-state index >= 15 is 0 Å². The van der Waals surface area contributed by atoms with Crippen LogP contribution in [0.15, 0.2) is 30.3 Å². The normalized spacial score (nSPS) is 17.3. The van der Waals surface area contributed by atoms with Gasteiger partial charge in [-0.25, -0.2) is 4.98 Å². The molecule has 0 radical (unpaired) electrons. The second kappa shape index (κ2) is 9.06. The van der Waals surface area contributed by atoms with Crippen LogP contribution in [0.1, 0.15) is 54.2 Å². The summed E-state index contributed by atoms with van der Waals surface area (Å²) in [5.41, 5.74) is 3.49. The molecule has 0 amide bonds. The molecule has 9 heteroatoms. The van der Waals surface area contributed by atoms with Crippen LogP contribution in [-0.4, -0.2) is 43.8 Å². The number of benzene rings is 1. The van der Waals surface area contributed by atoms with Gasteiger partial charge in [-0.15, -0.1) is 10.2 Å². The topological polar surface area (TPSA) is 97.7 Å². The van der Waals surface area contributed by atoms with Crippen molar-refractivity contribution in [1.29, 1.82) is 10.5 Å². The number of hydrogen-bond donors (Lipinski definition) is 0. The second-order valence-electron chi connectivity index (χ2n) is 8.97. The van der Waals surface area contributed by atoms with Gasteiger partial charge in [-0.3, -0.25) is 9.47 Å². The van der Waals surface area contributed by atoms with E-state index in [4.69, 9.17) is 11.6 Å². The fourth-order valence-electron chi connectivity index (χ4n) is 4.88. The number of nitriles is 2. The molecule has 0 aliphatic carbocycles. The molecule has 1 unspecified atom stereocenters. The fraction of sp³-hybridized carbons (Fsp3) is 0.400. The first-order chi connectivity index (χ1) is 16.5. The van der Waals surface area contributed by atoms with E-state index < -0.39 is 0 Å². The zero-order valence-electron chi connectivity index (χ0n) is 19.2. The Hall–Kier alpha value is -3.46. The molecule has 2 aliphatic rings. The van der Waals surface area contributed by atoms with Crippen molar-refractivity contribution in [2.24, 2.45) is 0 Å². The van der Waals surface area contributed by atoms with Crippen molar-refractivity contribution in [3.8, 4) is 17.8 Å². The van der Waals surface area contributed by atoms with Gasteiger partial charge in [0.15, 0.2) is 5.82 Å². The first kappa shape index (κ1) is 22.3. The van der Waals surface area contributed by atoms with E-state index in [1.54, 1.807) is 0 Å². The number of rotatable bonds is 3. The summed E-state index contributed by atoms with van der Waals surface area (Å²) in [7, 11) is 0. The maximum absolute atomic E-state index is 9.52. The number of aryl methyl sites for hydroxylation is 1. The molecule has 2 aliphatic heterocycles. The van der Waals surface area contributed by atoms with Crippen LogP contribution in [0.2, 0.25) is 5.02 Å². The Morgan fingerprint density at radius 2 is 1.88 bits per heavy atom. The van der Waals surface area contributed by atoms with Crippen molar-refractivity contribution in [3.05, 3.63) is 63.8 Å². The SMILES string of the molecule is Cc1nc(N2CCC(c3nnc4n3-c3ccc(Cl)cc3CN(C(C)C#N)C4)CC2)ccc1C#N. The van der Waals surface area contributed by atoms with Crippen LogP contribution in [0.3, 0.4) is 0 Å². The summed E-state index contributed by atoms with van der Waals surface area (Å²) in [4.78, 5) is 9.01. The summed E-state index contributed by atoms with van der Waals surface area (Å²) >= 11 is 6.33. The van der Waals surface area contributed by atoms with Crippen LogP contribution in [-0.2, 0) is 13.1 Å². The second-order valence-corrected chi connectivity index (χ2v) is 9.40. The van der Waals surface area contributed by atoms with Crippen LogP contribution < -0.4 is 4.90 Å². The summed E-state index contributed by atoms with van der Waals surface area (Å²) in [6.07, 6.45) is 1.86. The van der Waals surface area contributed by atoms with Crippen molar-refractivity contribution in [1.82, 2.24) is 24.6 Å². The number of fused-ring (bicyclic) bond motifs is 3. The molecular formula is C25H25ClN8. The molecule has 172 valence electrons. The molecule has 0 N–H and O–H groups in total. The number of hydrogen-bond acceptors (Lipinski definition) is 7. The van der Waals surface area contributed by atoms with Gasteiger partial charge in [0.2, 0.25) is 0 Å². The summed E-state index contributed by atoms with van der Waals surface area (Å²) in [5, 5.41) is 28.6. The molecule has 4 heterocycles. The Morgan fingerprint density at radius 1 is 1.09 bits per heavy atom. The minimum Gasteiger partial charge on any atom is -0.357 e. The van der Waals surface area contributed by atoms with Crippen molar-refractivity contribution in [3.63, 3.8) is 0 Å². The molecule has 2 aromatic heterocycles. The molecule has 1 fully saturated rings. The molecule has 1 aromatic carbocycles. The zero-order chi connectivity index (χ0) is 23.8. The van der Waals surface area contributed by atoms with E-state index in [2.05, 4.69) is 41.7 Å². The standard InChI is InChI=1S/C25H25ClN8/c1-16(12-27)33-14-20-11-21(26)4-5-22(20)34-24(15-33)30-31-25(34)18-7-9-32(10-8-18)23-6-3-19(13-28)17(2)29-23/h3-6,11,16,18H,7-10,14-15H2,1-2H3. The predicted molar refractivity (Wildman–Crippen MR) is 129 cm³/mol. The van der Waals surface area contributed by atoms with Gasteiger partial charge in [0, 0.05) is 30.6 Å². The Balaban J connectivity index is 1.43. The van der Waals surface area contributed by atoms with Gasteiger partial charge < -0.3 is 4.90 Å². The third-order valence-electron chi connectivity index (χ3n) is 6.87. The van der Waals surface area contributed by atoms with Gasteiger partial charge in [-0.1, -0.05) is 11.6 Å². The van der Waals surface area contributed by atoms with Crippen LogP contribution >= 0.6 is 11.6 Å². The zero-order valence-corrected chi connectivity index (χ0v) is 20.0. The molecule has 3 aromatic rings. The quantitative estimate of drug-likeness (QED) is 0.565. The van der Waals surface area contributed by atoms with Crippen molar-refractivity contribution < 1.29 is 0 Å². The summed E-state index contributed by atoms with van der Waals surface area (Å²) in [6.45, 7) is 6.69. The maximum atomic E-state index is 9.52. The van der Waals surface area contributed by atoms with E-state index in [1.165, 1.54) is 0 Å². The monoisotopic (exact) mass is 472 g/mol. The largest absolute Gasteiger partial charge is 0.357 e. The van der Waals surface area contributed by atoms with E-state index in [1.807, 2.05) is 44.2 Å². The van der Waals surface area contributed by atoms with Gasteiger partial charge in [0.1, 0.15) is 17.7 Å². The van der Waals surface area contributed by atoms with Gasteiger partial charge in [-0.2, -0.15) is 10.5 Å². The predicted octanol–water partition coefficient (Wildman–Crippen LogP) is 4.11. The minimum atomic E-state index is -0.245. The van der Waals surface area contributed by atoms with Crippen molar-refractivity contribution in [2.45, 2.75) is 51.7 Å². The highest BCUT2D eigenvalue weighted by atomic mass is 35.5. The van der Waals surface area contributed by atoms with E-state index in [9.17, 15) is 10.5 Å². The minimum absolute atomic E-state index is 0.245. The Bertz CT molecular complexity index is 1310. The molecule has 0 spiro atoms. The summed E-state index contributed by atoms with van der Waals surface area (Å²) in [5.74, 6) is 3.00. The van der Waals surface area contributed by atoms with Crippen LogP contribution in [0.25, 0.3) is 5.69 Å². The number of aromatic nitrogens is 4. The average Bonchev–Trinajstić information content (AvgIpc) is 3.19. The molecular weight excluding hydrogens is 448 g/mol. The first-order valence-corrected chi connectivity index (χ1v) is 11.9. The molecule has 34 heavy (non-hydrogen) atoms. The fourth-order valence-corrected chi connectivity index (χ4v) is 5.07. The van der Waals surface area contributed by atoms with E-state index in [-0.39, 0.29) is 12.0 Å². The first-order valence-electron chi connectivity index (χ1n) is 11.5. The number of nitrogens with zero attached hydrogens (tertiary/aromatic N) is 8. The lowest BCUT2D eigenvalue weighted by atomic mass is 9.95. The Kier molecular flexibility index (Phi) is 5.95. The number of piperidine rings is 1. The van der Waals surface area contributed by atoms with Crippen LogP contribution in [0.4, 0.5) is 5.82 Å². The van der Waals surface area contributed by atoms with Gasteiger partial charge in [0.25, 0.3) is 0 Å². The van der Waals surface area contributed by atoms with Crippen LogP contribution in [0.5, 0.6) is 0 Å². The summed E-state index contributed by atoms with van der Waals surface area (Å²) in [6, 6.07) is 14.0. The molecule has 5 rings (SSSR count). The van der Waals surface area contributed by atoms with Crippen LogP contribution in [0, 0.1) is 29.6 Å². The molecule has 1 atom stereocenters. The van der Waals surface area contributed by atoms with Crippen molar-refractivity contribution in [2.75, 3.05) is 18.0 Å². The van der Waals surface area contributed by atoms with E-state index in [0.29, 0.717) is 23.7 Å². The number of anilines is 1. The third kappa shape index (κ3) is 4.00. The van der Waals surface area contributed by atoms with Gasteiger partial charge in [0.05, 0.1) is 35.6 Å². The molecule has 0 saturated carbocycles. The van der Waals surface area contributed by atoms with Gasteiger partial charge in [-0.05, 0) is 62.6 Å². The smallest absolute Gasteiger partial charge is 0.151 e. The Labute approximate surface area is 204 Å². The highest BCUT2D eigenvalue weighted by molar-refractivity contribution is 6.30. The van der Waals surface area contributed by atoms with E-state index in [0.717, 1.165) is 60.3 Å². The molecule has 0 bridgehead atoms. The maximum Gasteiger partial charge on any atom is 0.151 e. The number of halogens is 1. The number of pyridine rings is 1. The lowest BCUT2D eigenvalue weighted by Crippen LogP contribution is -2.34. The molecule has 1 saturated heterocycles. The highest BCUT2D eigenvalue weighted by Gasteiger charge is 2.31. The highest BCUT2D eigenvalue weighted by Crippen LogP contribution is 2.34. The lowest BCUT2D eigenvalue weighted by molar-refractivity contribution is 0.225. The lowest BCUT2D eigenvalue weighted by Gasteiger charge is -2.32. The van der Waals surface area contributed by atoms with Crippen molar-refractivity contribution >= 4 is 17.4 Å². The Morgan fingerprint density at radius 3 is 2.59 bits per heavy atom. The van der Waals surface area contributed by atoms with Gasteiger partial charge >= 0.3 is 0 Å². The summed E-state index contributed by atoms with van der Waals surface area (Å²) < 4.78 is 2.18.